The number of nitrogens with one attached hydrogen (secondary N) is 3. The number of aromatic nitrogens is 1. The Labute approximate surface area is 222 Å². The van der Waals surface area contributed by atoms with Crippen LogP contribution in [0, 0.1) is 0 Å². The molecule has 0 saturated heterocycles. The van der Waals surface area contributed by atoms with Crippen LogP contribution in [0.1, 0.15) is 21.5 Å². The SMILES string of the molecule is O=C(NC(Cc1cc(=O)[nH]c2ccccc12)C(=O)NC(Cc1ccc(O)cc1)C(=O)O)c1ccc(Cl)cc1. The van der Waals surface area contributed by atoms with Crippen molar-refractivity contribution in [2.75, 3.05) is 0 Å². The molecule has 2 unspecified atom stereocenters. The van der Waals surface area contributed by atoms with Gasteiger partial charge in [-0.05, 0) is 53.6 Å². The molecule has 0 bridgehead atoms. The molecule has 0 saturated carbocycles. The maximum atomic E-state index is 13.4. The van der Waals surface area contributed by atoms with Gasteiger partial charge in [0, 0.05) is 40.4 Å². The van der Waals surface area contributed by atoms with Crippen molar-refractivity contribution in [3.8, 4) is 5.75 Å². The third-order valence-corrected chi connectivity index (χ3v) is 6.23. The van der Waals surface area contributed by atoms with Crippen molar-refractivity contribution in [2.45, 2.75) is 24.9 Å². The summed E-state index contributed by atoms with van der Waals surface area (Å²) in [4.78, 5) is 53.4. The normalized spacial score (nSPS) is 12.4. The molecule has 4 rings (SSSR count). The van der Waals surface area contributed by atoms with E-state index >= 15 is 0 Å². The number of aromatic amines is 1. The average molecular weight is 534 g/mol. The monoisotopic (exact) mass is 533 g/mol. The van der Waals surface area contributed by atoms with Crippen LogP contribution in [0.15, 0.2) is 83.7 Å². The van der Waals surface area contributed by atoms with E-state index in [0.29, 0.717) is 27.1 Å². The van der Waals surface area contributed by atoms with Crippen LogP contribution in [0.3, 0.4) is 0 Å². The number of carboxylic acid groups (broad SMARTS) is 1. The Bertz CT molecular complexity index is 1530. The maximum Gasteiger partial charge on any atom is 0.326 e. The molecule has 0 spiro atoms. The first-order valence-electron chi connectivity index (χ1n) is 11.7. The van der Waals surface area contributed by atoms with E-state index < -0.39 is 29.9 Å². The van der Waals surface area contributed by atoms with Crippen LogP contribution >= 0.6 is 11.6 Å². The molecule has 1 heterocycles. The number of phenolic OH excluding ortho intramolecular Hbond substituents is 1. The summed E-state index contributed by atoms with van der Waals surface area (Å²) in [5.74, 6) is -2.54. The lowest BCUT2D eigenvalue weighted by molar-refractivity contribution is -0.142. The van der Waals surface area contributed by atoms with E-state index in [-0.39, 0.29) is 29.7 Å². The predicted octanol–water partition coefficient (Wildman–Crippen LogP) is 3.04. The molecule has 3 aromatic carbocycles. The third kappa shape index (κ3) is 6.57. The minimum atomic E-state index is -1.31. The van der Waals surface area contributed by atoms with E-state index in [4.69, 9.17) is 11.6 Å². The van der Waals surface area contributed by atoms with Gasteiger partial charge in [0.15, 0.2) is 0 Å². The van der Waals surface area contributed by atoms with E-state index in [2.05, 4.69) is 15.6 Å². The number of benzene rings is 3. The number of aliphatic carboxylic acids is 1. The van der Waals surface area contributed by atoms with Crippen LogP contribution in [-0.2, 0) is 22.4 Å². The molecule has 10 heteroatoms. The molecule has 2 atom stereocenters. The fraction of sp³-hybridized carbons (Fsp3) is 0.143. The smallest absolute Gasteiger partial charge is 0.326 e. The molecule has 0 aliphatic rings. The number of rotatable bonds is 9. The summed E-state index contributed by atoms with van der Waals surface area (Å²) < 4.78 is 0. The first kappa shape index (κ1) is 26.4. The molecule has 0 radical (unpaired) electrons. The quantitative estimate of drug-likeness (QED) is 0.223. The molecular formula is C28H24ClN3O6. The predicted molar refractivity (Wildman–Crippen MR) is 142 cm³/mol. The minimum Gasteiger partial charge on any atom is -0.508 e. The van der Waals surface area contributed by atoms with Crippen molar-refractivity contribution in [2.24, 2.45) is 0 Å². The van der Waals surface area contributed by atoms with Crippen LogP contribution < -0.4 is 16.2 Å². The maximum absolute atomic E-state index is 13.4. The first-order chi connectivity index (χ1) is 18.2. The van der Waals surface area contributed by atoms with E-state index in [0.717, 1.165) is 0 Å². The number of carbonyl (C=O) groups excluding carboxylic acids is 2. The summed E-state index contributed by atoms with van der Waals surface area (Å²) in [5.41, 5.74) is 1.53. The van der Waals surface area contributed by atoms with E-state index in [1.165, 1.54) is 42.5 Å². The number of phenols is 1. The number of hydrogen-bond acceptors (Lipinski definition) is 5. The van der Waals surface area contributed by atoms with E-state index in [9.17, 15) is 29.4 Å². The summed E-state index contributed by atoms with van der Waals surface area (Å²) >= 11 is 5.91. The summed E-state index contributed by atoms with van der Waals surface area (Å²) in [7, 11) is 0. The van der Waals surface area contributed by atoms with E-state index in [1.54, 1.807) is 36.4 Å². The van der Waals surface area contributed by atoms with Gasteiger partial charge in [-0.2, -0.15) is 0 Å². The number of para-hydroxylation sites is 1. The van der Waals surface area contributed by atoms with Gasteiger partial charge in [-0.3, -0.25) is 14.4 Å². The lowest BCUT2D eigenvalue weighted by Gasteiger charge is -2.22. The van der Waals surface area contributed by atoms with E-state index in [1.807, 2.05) is 0 Å². The second-order valence-electron chi connectivity index (χ2n) is 8.71. The van der Waals surface area contributed by atoms with Gasteiger partial charge < -0.3 is 25.8 Å². The summed E-state index contributed by atoms with van der Waals surface area (Å²) in [6, 6.07) is 17.9. The van der Waals surface area contributed by atoms with Crippen LogP contribution in [-0.4, -0.2) is 45.1 Å². The highest BCUT2D eigenvalue weighted by molar-refractivity contribution is 6.30. The molecule has 9 nitrogen and oxygen atoms in total. The number of fused-ring (bicyclic) bond motifs is 1. The Hall–Kier alpha value is -4.63. The molecule has 2 amide bonds. The van der Waals surface area contributed by atoms with Crippen molar-refractivity contribution in [3.05, 3.63) is 111 Å². The van der Waals surface area contributed by atoms with Gasteiger partial charge in [0.05, 0.1) is 0 Å². The second-order valence-corrected chi connectivity index (χ2v) is 9.15. The number of H-pyrrole nitrogens is 1. The molecule has 38 heavy (non-hydrogen) atoms. The molecule has 0 aliphatic heterocycles. The molecule has 0 aliphatic carbocycles. The largest absolute Gasteiger partial charge is 0.508 e. The van der Waals surface area contributed by atoms with Gasteiger partial charge in [-0.25, -0.2) is 4.79 Å². The average Bonchev–Trinajstić information content (AvgIpc) is 2.89. The Morgan fingerprint density at radius 2 is 1.55 bits per heavy atom. The van der Waals surface area contributed by atoms with Crippen LogP contribution in [0.5, 0.6) is 5.75 Å². The van der Waals surface area contributed by atoms with Crippen molar-refractivity contribution in [3.63, 3.8) is 0 Å². The van der Waals surface area contributed by atoms with Gasteiger partial charge >= 0.3 is 5.97 Å². The first-order valence-corrected chi connectivity index (χ1v) is 12.1. The molecule has 4 aromatic rings. The minimum absolute atomic E-state index is 0.0275. The third-order valence-electron chi connectivity index (χ3n) is 5.98. The molecule has 194 valence electrons. The molecule has 5 N–H and O–H groups in total. The molecule has 1 aromatic heterocycles. The standard InChI is InChI=1S/C28H24ClN3O6/c29-19-9-7-17(8-10-19)26(35)31-23(14-18-15-25(34)30-22-4-2-1-3-21(18)22)27(36)32-24(28(37)38)13-16-5-11-20(33)12-6-16/h1-12,15,23-24,33H,13-14H2,(H,30,34)(H,31,35)(H,32,36)(H,37,38). The zero-order valence-corrected chi connectivity index (χ0v) is 20.7. The van der Waals surface area contributed by atoms with Crippen molar-refractivity contribution >= 4 is 40.3 Å². The lowest BCUT2D eigenvalue weighted by atomic mass is 9.99. The zero-order valence-electron chi connectivity index (χ0n) is 20.0. The van der Waals surface area contributed by atoms with Crippen LogP contribution in [0.25, 0.3) is 10.9 Å². The van der Waals surface area contributed by atoms with Gasteiger partial charge in [-0.1, -0.05) is 41.9 Å². The van der Waals surface area contributed by atoms with Crippen LogP contribution in [0.4, 0.5) is 0 Å². The number of carbonyl (C=O) groups is 3. The Morgan fingerprint density at radius 3 is 2.24 bits per heavy atom. The fourth-order valence-electron chi connectivity index (χ4n) is 4.06. The fourth-order valence-corrected chi connectivity index (χ4v) is 4.18. The number of halogens is 1. The molecular weight excluding hydrogens is 510 g/mol. The lowest BCUT2D eigenvalue weighted by Crippen LogP contribution is -2.53. The number of hydrogen-bond donors (Lipinski definition) is 5. The zero-order chi connectivity index (χ0) is 27.2. The van der Waals surface area contributed by atoms with Crippen molar-refractivity contribution < 1.29 is 24.6 Å². The number of pyridine rings is 1. The highest BCUT2D eigenvalue weighted by Crippen LogP contribution is 2.18. The Morgan fingerprint density at radius 1 is 0.868 bits per heavy atom. The Kier molecular flexibility index (Phi) is 8.08. The van der Waals surface area contributed by atoms with Gasteiger partial charge in [0.2, 0.25) is 11.5 Å². The van der Waals surface area contributed by atoms with Gasteiger partial charge in [-0.15, -0.1) is 0 Å². The summed E-state index contributed by atoms with van der Waals surface area (Å²) in [6.45, 7) is 0. The Balaban J connectivity index is 1.63. The number of aromatic hydroxyl groups is 1. The highest BCUT2D eigenvalue weighted by atomic mass is 35.5. The topological polar surface area (TPSA) is 149 Å². The highest BCUT2D eigenvalue weighted by Gasteiger charge is 2.28. The van der Waals surface area contributed by atoms with Gasteiger partial charge in [0.1, 0.15) is 17.8 Å². The molecule has 0 fully saturated rings. The summed E-state index contributed by atoms with van der Waals surface area (Å²) in [5, 5.41) is 25.5. The second kappa shape index (κ2) is 11.6. The number of amides is 2. The summed E-state index contributed by atoms with van der Waals surface area (Å²) in [6.07, 6.45) is -0.117. The van der Waals surface area contributed by atoms with Crippen LogP contribution in [0.2, 0.25) is 5.02 Å². The number of carboxylic acids is 1. The van der Waals surface area contributed by atoms with Crippen molar-refractivity contribution in [1.29, 1.82) is 0 Å². The van der Waals surface area contributed by atoms with Gasteiger partial charge in [0.25, 0.3) is 5.91 Å². The van der Waals surface area contributed by atoms with Crippen molar-refractivity contribution in [1.82, 2.24) is 15.6 Å².